The molecule has 2 aromatic carbocycles. The Balaban J connectivity index is 2.03. The molecule has 0 bridgehead atoms. The first-order chi connectivity index (χ1) is 13.0. The summed E-state index contributed by atoms with van der Waals surface area (Å²) in [5, 5.41) is 15.5. The fourth-order valence-electron chi connectivity index (χ4n) is 2.71. The molecule has 1 amide bonds. The summed E-state index contributed by atoms with van der Waals surface area (Å²) in [5.41, 5.74) is 3.05. The molecule has 0 radical (unpaired) electrons. The number of hydrogen-bond acceptors (Lipinski definition) is 4. The standard InChI is InChI=1S/C20H20N4O3/c1-3-22(2)19(25)13-16-14-23(17-7-5-4-6-8-17)21-20(16)15-9-11-18(12-10-15)24(26)27/h4-12,14H,3,13H2,1-2H3. The van der Waals surface area contributed by atoms with Gasteiger partial charge in [0.05, 0.1) is 22.7 Å². The molecule has 3 rings (SSSR count). The number of benzene rings is 2. The van der Waals surface area contributed by atoms with Crippen molar-refractivity contribution in [3.05, 3.63) is 76.5 Å². The maximum atomic E-state index is 12.4. The number of amides is 1. The van der Waals surface area contributed by atoms with E-state index in [1.54, 1.807) is 28.8 Å². The van der Waals surface area contributed by atoms with Crippen LogP contribution < -0.4 is 0 Å². The number of rotatable bonds is 6. The maximum Gasteiger partial charge on any atom is 0.269 e. The number of nitro groups is 1. The van der Waals surface area contributed by atoms with E-state index in [2.05, 4.69) is 5.10 Å². The van der Waals surface area contributed by atoms with Crippen molar-refractivity contribution in [3.8, 4) is 16.9 Å². The second kappa shape index (κ2) is 7.82. The summed E-state index contributed by atoms with van der Waals surface area (Å²) in [6.07, 6.45) is 2.05. The lowest BCUT2D eigenvalue weighted by molar-refractivity contribution is -0.384. The number of para-hydroxylation sites is 1. The summed E-state index contributed by atoms with van der Waals surface area (Å²) >= 11 is 0. The summed E-state index contributed by atoms with van der Waals surface area (Å²) in [4.78, 5) is 24.5. The zero-order chi connectivity index (χ0) is 19.4. The normalized spacial score (nSPS) is 10.6. The van der Waals surface area contributed by atoms with Gasteiger partial charge in [-0.1, -0.05) is 18.2 Å². The topological polar surface area (TPSA) is 81.3 Å². The summed E-state index contributed by atoms with van der Waals surface area (Å²) in [6.45, 7) is 2.54. The van der Waals surface area contributed by atoms with Gasteiger partial charge >= 0.3 is 0 Å². The van der Waals surface area contributed by atoms with Crippen molar-refractivity contribution in [2.24, 2.45) is 0 Å². The molecule has 1 aromatic heterocycles. The Morgan fingerprint density at radius 2 is 1.81 bits per heavy atom. The van der Waals surface area contributed by atoms with Crippen molar-refractivity contribution in [1.29, 1.82) is 0 Å². The zero-order valence-electron chi connectivity index (χ0n) is 15.2. The fraction of sp³-hybridized carbons (Fsp3) is 0.200. The fourth-order valence-corrected chi connectivity index (χ4v) is 2.71. The van der Waals surface area contributed by atoms with Crippen LogP contribution in [0.4, 0.5) is 5.69 Å². The van der Waals surface area contributed by atoms with Crippen LogP contribution in [0.25, 0.3) is 16.9 Å². The quantitative estimate of drug-likeness (QED) is 0.495. The van der Waals surface area contributed by atoms with Gasteiger partial charge in [0.2, 0.25) is 5.91 Å². The van der Waals surface area contributed by atoms with Gasteiger partial charge in [-0.05, 0) is 31.2 Å². The Hall–Kier alpha value is -3.48. The molecule has 0 fully saturated rings. The molecule has 0 unspecified atom stereocenters. The third kappa shape index (κ3) is 4.03. The van der Waals surface area contributed by atoms with E-state index in [4.69, 9.17) is 0 Å². The Kier molecular flexibility index (Phi) is 5.30. The number of nitro benzene ring substituents is 1. The monoisotopic (exact) mass is 364 g/mol. The molecule has 0 aliphatic heterocycles. The zero-order valence-corrected chi connectivity index (χ0v) is 15.2. The molecule has 7 nitrogen and oxygen atoms in total. The number of non-ortho nitro benzene ring substituents is 1. The molecule has 0 saturated heterocycles. The number of carbonyl (C=O) groups excluding carboxylic acids is 1. The highest BCUT2D eigenvalue weighted by Gasteiger charge is 2.18. The number of likely N-dealkylation sites (N-methyl/N-ethyl adjacent to an activating group) is 1. The Labute approximate surface area is 157 Å². The van der Waals surface area contributed by atoms with Crippen molar-refractivity contribution in [1.82, 2.24) is 14.7 Å². The van der Waals surface area contributed by atoms with Gasteiger partial charge in [0, 0.05) is 43.0 Å². The van der Waals surface area contributed by atoms with Crippen LogP contribution >= 0.6 is 0 Å². The van der Waals surface area contributed by atoms with E-state index >= 15 is 0 Å². The second-order valence-electron chi connectivity index (χ2n) is 6.17. The lowest BCUT2D eigenvalue weighted by Crippen LogP contribution is -2.27. The summed E-state index contributed by atoms with van der Waals surface area (Å²) in [7, 11) is 1.76. The van der Waals surface area contributed by atoms with Gasteiger partial charge in [0.25, 0.3) is 5.69 Å². The summed E-state index contributed by atoms with van der Waals surface area (Å²) in [5.74, 6) is -0.00623. The Bertz CT molecular complexity index is 949. The van der Waals surface area contributed by atoms with Crippen molar-refractivity contribution in [3.63, 3.8) is 0 Å². The smallest absolute Gasteiger partial charge is 0.269 e. The van der Waals surface area contributed by atoms with E-state index in [0.717, 1.165) is 16.8 Å². The average molecular weight is 364 g/mol. The molecule has 3 aromatic rings. The minimum absolute atomic E-state index is 0.00623. The van der Waals surface area contributed by atoms with E-state index in [9.17, 15) is 14.9 Å². The Morgan fingerprint density at radius 1 is 1.15 bits per heavy atom. The molecule has 0 saturated carbocycles. The predicted octanol–water partition coefficient (Wildman–Crippen LogP) is 3.47. The lowest BCUT2D eigenvalue weighted by Gasteiger charge is -2.14. The van der Waals surface area contributed by atoms with Gasteiger partial charge in [-0.15, -0.1) is 0 Å². The highest BCUT2D eigenvalue weighted by atomic mass is 16.6. The van der Waals surface area contributed by atoms with Gasteiger partial charge in [-0.3, -0.25) is 14.9 Å². The van der Waals surface area contributed by atoms with Crippen LogP contribution in [0.2, 0.25) is 0 Å². The Morgan fingerprint density at radius 3 is 2.41 bits per heavy atom. The van der Waals surface area contributed by atoms with Gasteiger partial charge in [-0.25, -0.2) is 4.68 Å². The third-order valence-corrected chi connectivity index (χ3v) is 4.40. The van der Waals surface area contributed by atoms with Crippen LogP contribution in [-0.4, -0.2) is 39.1 Å². The van der Waals surface area contributed by atoms with Crippen LogP contribution in [0.15, 0.2) is 60.8 Å². The van der Waals surface area contributed by atoms with Crippen molar-refractivity contribution in [2.75, 3.05) is 13.6 Å². The lowest BCUT2D eigenvalue weighted by atomic mass is 10.1. The third-order valence-electron chi connectivity index (χ3n) is 4.40. The molecule has 138 valence electrons. The molecule has 0 aliphatic carbocycles. The van der Waals surface area contributed by atoms with Gasteiger partial charge in [-0.2, -0.15) is 5.10 Å². The predicted molar refractivity (Wildman–Crippen MR) is 103 cm³/mol. The largest absolute Gasteiger partial charge is 0.346 e. The minimum atomic E-state index is -0.438. The van der Waals surface area contributed by atoms with E-state index in [0.29, 0.717) is 12.2 Å². The van der Waals surface area contributed by atoms with E-state index in [1.807, 2.05) is 43.5 Å². The van der Waals surface area contributed by atoms with Gasteiger partial charge in [0.15, 0.2) is 0 Å². The highest BCUT2D eigenvalue weighted by molar-refractivity contribution is 5.81. The van der Waals surface area contributed by atoms with E-state index < -0.39 is 4.92 Å². The average Bonchev–Trinajstić information content (AvgIpc) is 3.11. The SMILES string of the molecule is CCN(C)C(=O)Cc1cn(-c2ccccc2)nc1-c1ccc([N+](=O)[O-])cc1. The van der Waals surface area contributed by atoms with Crippen LogP contribution in [-0.2, 0) is 11.2 Å². The molecule has 27 heavy (non-hydrogen) atoms. The van der Waals surface area contributed by atoms with Crippen LogP contribution in [0, 0.1) is 10.1 Å². The molecular weight excluding hydrogens is 344 g/mol. The van der Waals surface area contributed by atoms with Gasteiger partial charge < -0.3 is 4.90 Å². The molecular formula is C20H20N4O3. The minimum Gasteiger partial charge on any atom is -0.346 e. The van der Waals surface area contributed by atoms with Crippen LogP contribution in [0.1, 0.15) is 12.5 Å². The van der Waals surface area contributed by atoms with Crippen LogP contribution in [0.5, 0.6) is 0 Å². The molecule has 0 N–H and O–H groups in total. The summed E-state index contributed by atoms with van der Waals surface area (Å²) < 4.78 is 1.73. The molecule has 1 heterocycles. The first-order valence-electron chi connectivity index (χ1n) is 8.62. The van der Waals surface area contributed by atoms with Gasteiger partial charge in [0.1, 0.15) is 0 Å². The number of carbonyl (C=O) groups is 1. The number of aromatic nitrogens is 2. The molecule has 0 aliphatic rings. The first-order valence-corrected chi connectivity index (χ1v) is 8.62. The molecule has 0 spiro atoms. The van der Waals surface area contributed by atoms with Crippen molar-refractivity contribution < 1.29 is 9.72 Å². The number of hydrogen-bond donors (Lipinski definition) is 0. The second-order valence-corrected chi connectivity index (χ2v) is 6.17. The first kappa shape index (κ1) is 18.3. The van der Waals surface area contributed by atoms with Crippen molar-refractivity contribution in [2.45, 2.75) is 13.3 Å². The summed E-state index contributed by atoms with van der Waals surface area (Å²) in [6, 6.07) is 15.8. The van der Waals surface area contributed by atoms with E-state index in [-0.39, 0.29) is 18.0 Å². The van der Waals surface area contributed by atoms with Crippen molar-refractivity contribution >= 4 is 11.6 Å². The maximum absolute atomic E-state index is 12.4. The molecule has 7 heteroatoms. The van der Waals surface area contributed by atoms with Crippen LogP contribution in [0.3, 0.4) is 0 Å². The van der Waals surface area contributed by atoms with E-state index in [1.165, 1.54) is 12.1 Å². The highest BCUT2D eigenvalue weighted by Crippen LogP contribution is 2.26. The molecule has 0 atom stereocenters. The number of nitrogens with zero attached hydrogens (tertiary/aromatic N) is 4.